The molecule has 0 aliphatic carbocycles. The van der Waals surface area contributed by atoms with Gasteiger partial charge in [-0.05, 0) is 0 Å². The third-order valence-electron chi connectivity index (χ3n) is 2.46. The van der Waals surface area contributed by atoms with Crippen LogP contribution in [-0.2, 0) is 4.79 Å². The number of hydrogen-bond acceptors (Lipinski definition) is 3. The number of ketones is 1. The lowest BCUT2D eigenvalue weighted by Crippen LogP contribution is -2.30. The normalized spacial score (nSPS) is 9.83. The molecule has 0 unspecified atom stereocenters. The van der Waals surface area contributed by atoms with E-state index in [1.54, 1.807) is 19.2 Å². The minimum absolute atomic E-state index is 0.0154. The minimum atomic E-state index is -0.936. The largest absolute Gasteiger partial charge is 0.480 e. The monoisotopic (exact) mass is 265 g/mol. The lowest BCUT2D eigenvalue weighted by molar-refractivity contribution is -0.137. The summed E-state index contributed by atoms with van der Waals surface area (Å²) in [6.07, 6.45) is 0.694. The van der Waals surface area contributed by atoms with Crippen molar-refractivity contribution in [2.75, 3.05) is 13.6 Å². The number of rotatable bonds is 6. The number of aliphatic carboxylic acids is 1. The topological polar surface area (TPSA) is 57.6 Å². The molecule has 5 heteroatoms. The Balaban J connectivity index is 2.44. The predicted molar refractivity (Wildman–Crippen MR) is 72.9 cm³/mol. The van der Waals surface area contributed by atoms with E-state index in [9.17, 15) is 9.59 Å². The van der Waals surface area contributed by atoms with E-state index < -0.39 is 5.97 Å². The summed E-state index contributed by atoms with van der Waals surface area (Å²) in [6.45, 7) is -0.141. The maximum Gasteiger partial charge on any atom is 0.323 e. The highest BCUT2D eigenvalue weighted by atomic mass is 32.1. The van der Waals surface area contributed by atoms with E-state index >= 15 is 0 Å². The second-order valence-corrected chi connectivity index (χ2v) is 4.40. The number of carboxylic acid groups (broad SMARTS) is 1. The Bertz CT molecular complexity index is 445. The number of carbonyl (C=O) groups excluding carboxylic acids is 1. The molecule has 96 valence electrons. The summed E-state index contributed by atoms with van der Waals surface area (Å²) >= 11 is 5.07. The van der Waals surface area contributed by atoms with Gasteiger partial charge in [0, 0.05) is 25.5 Å². The number of likely N-dealkylation sites (N-methyl/N-ethyl adjacent to an activating group) is 1. The Morgan fingerprint density at radius 3 is 2.39 bits per heavy atom. The van der Waals surface area contributed by atoms with E-state index in [2.05, 4.69) is 0 Å². The fraction of sp³-hybridized carbons (Fsp3) is 0.308. The van der Waals surface area contributed by atoms with Crippen molar-refractivity contribution in [2.45, 2.75) is 12.8 Å². The summed E-state index contributed by atoms with van der Waals surface area (Å²) in [5, 5.41) is 8.62. The van der Waals surface area contributed by atoms with Crippen molar-refractivity contribution in [2.24, 2.45) is 0 Å². The zero-order valence-electron chi connectivity index (χ0n) is 10.1. The Morgan fingerprint density at radius 2 is 1.83 bits per heavy atom. The predicted octanol–water partition coefficient (Wildman–Crippen LogP) is 1.99. The van der Waals surface area contributed by atoms with Gasteiger partial charge in [-0.15, -0.1) is 0 Å². The van der Waals surface area contributed by atoms with E-state index in [4.69, 9.17) is 17.3 Å². The first-order valence-corrected chi connectivity index (χ1v) is 5.95. The summed E-state index contributed by atoms with van der Waals surface area (Å²) in [7, 11) is 1.61. The summed E-state index contributed by atoms with van der Waals surface area (Å²) in [6, 6.07) is 8.98. The van der Waals surface area contributed by atoms with Crippen LogP contribution in [-0.4, -0.2) is 40.3 Å². The minimum Gasteiger partial charge on any atom is -0.480 e. The molecule has 1 aromatic rings. The first-order valence-electron chi connectivity index (χ1n) is 5.54. The molecule has 0 bridgehead atoms. The summed E-state index contributed by atoms with van der Waals surface area (Å²) < 4.78 is 0. The van der Waals surface area contributed by atoms with Crippen LogP contribution in [0.4, 0.5) is 0 Å². The third-order valence-corrected chi connectivity index (χ3v) is 2.98. The van der Waals surface area contributed by atoms with E-state index in [0.29, 0.717) is 23.4 Å². The number of thiocarbonyl (C=S) groups is 1. The summed E-state index contributed by atoms with van der Waals surface area (Å²) in [5.41, 5.74) is 0.654. The standard InChI is InChI=1S/C13H15NO3S/c1-14(9-13(16)17)12(18)8-7-11(15)10-5-3-2-4-6-10/h2-6H,7-9H2,1H3,(H,16,17). The van der Waals surface area contributed by atoms with Gasteiger partial charge in [-0.25, -0.2) is 0 Å². The maximum atomic E-state index is 11.8. The number of hydrogen-bond donors (Lipinski definition) is 1. The smallest absolute Gasteiger partial charge is 0.323 e. The second kappa shape index (κ2) is 6.86. The molecule has 0 amide bonds. The maximum absolute atomic E-state index is 11.8. The van der Waals surface area contributed by atoms with Crippen molar-refractivity contribution in [3.8, 4) is 0 Å². The van der Waals surface area contributed by atoms with Crippen molar-refractivity contribution in [1.82, 2.24) is 4.90 Å². The van der Waals surface area contributed by atoms with Crippen molar-refractivity contribution >= 4 is 29.0 Å². The quantitative estimate of drug-likeness (QED) is 0.629. The lowest BCUT2D eigenvalue weighted by Gasteiger charge is -2.17. The molecule has 0 heterocycles. The van der Waals surface area contributed by atoms with Gasteiger partial charge in [0.25, 0.3) is 0 Å². The van der Waals surface area contributed by atoms with Gasteiger partial charge in [0.1, 0.15) is 6.54 Å². The molecule has 1 rings (SSSR count). The molecule has 0 atom stereocenters. The van der Waals surface area contributed by atoms with Gasteiger partial charge in [0.05, 0.1) is 4.99 Å². The number of Topliss-reactive ketones (excluding diaryl/α,β-unsaturated/α-hetero) is 1. The van der Waals surface area contributed by atoms with E-state index in [0.717, 1.165) is 0 Å². The molecule has 0 aliphatic rings. The molecule has 0 aromatic heterocycles. The molecule has 0 saturated heterocycles. The van der Waals surface area contributed by atoms with Crippen LogP contribution < -0.4 is 0 Å². The van der Waals surface area contributed by atoms with Crippen molar-refractivity contribution in [3.05, 3.63) is 35.9 Å². The molecule has 4 nitrogen and oxygen atoms in total. The molecule has 0 fully saturated rings. The molecular formula is C13H15NO3S. The van der Waals surface area contributed by atoms with Gasteiger partial charge < -0.3 is 10.0 Å². The molecule has 1 aromatic carbocycles. The van der Waals surface area contributed by atoms with Crippen LogP contribution in [0.5, 0.6) is 0 Å². The first-order chi connectivity index (χ1) is 8.50. The summed E-state index contributed by atoms with van der Waals surface area (Å²) in [5.74, 6) is -0.920. The number of nitrogens with zero attached hydrogens (tertiary/aromatic N) is 1. The molecule has 0 aliphatic heterocycles. The zero-order chi connectivity index (χ0) is 13.5. The highest BCUT2D eigenvalue weighted by Crippen LogP contribution is 2.07. The van der Waals surface area contributed by atoms with Crippen LogP contribution in [0.3, 0.4) is 0 Å². The van der Waals surface area contributed by atoms with Crippen LogP contribution >= 0.6 is 12.2 Å². The third kappa shape index (κ3) is 4.63. The molecule has 1 N–H and O–H groups in total. The van der Waals surface area contributed by atoms with Gasteiger partial charge in [-0.1, -0.05) is 42.5 Å². The van der Waals surface area contributed by atoms with Gasteiger partial charge in [-0.3, -0.25) is 9.59 Å². The molecular weight excluding hydrogens is 250 g/mol. The van der Waals surface area contributed by atoms with E-state index in [1.165, 1.54) is 4.90 Å². The molecule has 0 saturated carbocycles. The average Bonchev–Trinajstić information content (AvgIpc) is 2.35. The van der Waals surface area contributed by atoms with Gasteiger partial charge in [0.15, 0.2) is 5.78 Å². The first kappa shape index (κ1) is 14.3. The average molecular weight is 265 g/mol. The Labute approximate surface area is 111 Å². The molecule has 0 spiro atoms. The highest BCUT2D eigenvalue weighted by molar-refractivity contribution is 7.80. The Morgan fingerprint density at radius 1 is 1.22 bits per heavy atom. The van der Waals surface area contributed by atoms with Gasteiger partial charge in [-0.2, -0.15) is 0 Å². The van der Waals surface area contributed by atoms with Crippen LogP contribution in [0.15, 0.2) is 30.3 Å². The van der Waals surface area contributed by atoms with Crippen molar-refractivity contribution < 1.29 is 14.7 Å². The van der Waals surface area contributed by atoms with Crippen LogP contribution in [0, 0.1) is 0 Å². The number of carbonyl (C=O) groups is 2. The summed E-state index contributed by atoms with van der Waals surface area (Å²) in [4.78, 5) is 24.3. The highest BCUT2D eigenvalue weighted by Gasteiger charge is 2.11. The Hall–Kier alpha value is -1.75. The molecule has 18 heavy (non-hydrogen) atoms. The SMILES string of the molecule is CN(CC(=O)O)C(=S)CCC(=O)c1ccccc1. The van der Waals surface area contributed by atoms with Gasteiger partial charge in [0.2, 0.25) is 0 Å². The number of benzene rings is 1. The fourth-order valence-corrected chi connectivity index (χ4v) is 1.64. The van der Waals surface area contributed by atoms with E-state index in [-0.39, 0.29) is 12.3 Å². The van der Waals surface area contributed by atoms with Crippen molar-refractivity contribution in [1.29, 1.82) is 0 Å². The fourth-order valence-electron chi connectivity index (χ4n) is 1.47. The number of carboxylic acids is 1. The van der Waals surface area contributed by atoms with E-state index in [1.807, 2.05) is 18.2 Å². The van der Waals surface area contributed by atoms with Crippen LogP contribution in [0.25, 0.3) is 0 Å². The van der Waals surface area contributed by atoms with Crippen molar-refractivity contribution in [3.63, 3.8) is 0 Å². The van der Waals surface area contributed by atoms with Crippen LogP contribution in [0.2, 0.25) is 0 Å². The van der Waals surface area contributed by atoms with Crippen LogP contribution in [0.1, 0.15) is 23.2 Å². The zero-order valence-corrected chi connectivity index (χ0v) is 10.9. The lowest BCUT2D eigenvalue weighted by atomic mass is 10.1. The van der Waals surface area contributed by atoms with Gasteiger partial charge >= 0.3 is 5.97 Å². The Kier molecular flexibility index (Phi) is 5.45. The second-order valence-electron chi connectivity index (χ2n) is 3.93. The molecule has 0 radical (unpaired) electrons.